The fourth-order valence-corrected chi connectivity index (χ4v) is 2.80. The predicted molar refractivity (Wildman–Crippen MR) is 109 cm³/mol. The van der Waals surface area contributed by atoms with Gasteiger partial charge < -0.3 is 15.1 Å². The Balaban J connectivity index is 1.87. The zero-order valence-electron chi connectivity index (χ0n) is 16.6. The molecule has 3 amide bonds. The lowest BCUT2D eigenvalue weighted by Crippen LogP contribution is -2.36. The number of nitrogens with zero attached hydrogens (tertiary/aromatic N) is 3. The van der Waals surface area contributed by atoms with Crippen LogP contribution in [0.4, 0.5) is 4.79 Å². The van der Waals surface area contributed by atoms with Crippen LogP contribution < -0.4 is 5.32 Å². The van der Waals surface area contributed by atoms with Gasteiger partial charge in [-0.25, -0.2) is 4.79 Å². The van der Waals surface area contributed by atoms with Crippen molar-refractivity contribution in [1.82, 2.24) is 15.1 Å². The van der Waals surface area contributed by atoms with Gasteiger partial charge in [-0.15, -0.1) is 0 Å². The average molecular weight is 378 g/mol. The van der Waals surface area contributed by atoms with Gasteiger partial charge in [0.25, 0.3) is 5.91 Å². The van der Waals surface area contributed by atoms with Crippen LogP contribution in [0.3, 0.4) is 0 Å². The maximum Gasteiger partial charge on any atom is 0.317 e. The van der Waals surface area contributed by atoms with Crippen LogP contribution in [0.2, 0.25) is 0 Å². The Morgan fingerprint density at radius 1 is 0.964 bits per heavy atom. The number of nitrogens with one attached hydrogen (secondary N) is 1. The summed E-state index contributed by atoms with van der Waals surface area (Å²) < 4.78 is 0. The Bertz CT molecular complexity index is 834. The molecule has 6 nitrogen and oxygen atoms in total. The van der Waals surface area contributed by atoms with Crippen LogP contribution in [0, 0.1) is 11.3 Å². The van der Waals surface area contributed by atoms with Crippen LogP contribution >= 0.6 is 0 Å². The molecule has 0 bridgehead atoms. The number of benzene rings is 2. The molecule has 0 spiro atoms. The summed E-state index contributed by atoms with van der Waals surface area (Å²) in [7, 11) is 1.72. The third-order valence-corrected chi connectivity index (χ3v) is 4.54. The first-order valence-corrected chi connectivity index (χ1v) is 9.34. The summed E-state index contributed by atoms with van der Waals surface area (Å²) in [6, 6.07) is 16.4. The van der Waals surface area contributed by atoms with E-state index in [1.807, 2.05) is 38.1 Å². The van der Waals surface area contributed by atoms with Gasteiger partial charge in [0.05, 0.1) is 11.6 Å². The number of hydrogen-bond acceptors (Lipinski definition) is 3. The largest absolute Gasteiger partial charge is 0.339 e. The number of hydrogen-bond donors (Lipinski definition) is 1. The highest BCUT2D eigenvalue weighted by atomic mass is 16.2. The monoisotopic (exact) mass is 378 g/mol. The van der Waals surface area contributed by atoms with Crippen molar-refractivity contribution in [2.45, 2.75) is 26.9 Å². The molecule has 2 aromatic carbocycles. The third-order valence-electron chi connectivity index (χ3n) is 4.54. The normalized spacial score (nSPS) is 10.1. The van der Waals surface area contributed by atoms with E-state index in [1.54, 1.807) is 41.1 Å². The molecule has 0 saturated carbocycles. The summed E-state index contributed by atoms with van der Waals surface area (Å²) >= 11 is 0. The third kappa shape index (κ3) is 5.58. The van der Waals surface area contributed by atoms with E-state index >= 15 is 0 Å². The van der Waals surface area contributed by atoms with Gasteiger partial charge in [0.1, 0.15) is 0 Å². The fourth-order valence-electron chi connectivity index (χ4n) is 2.80. The van der Waals surface area contributed by atoms with Crippen LogP contribution in [-0.2, 0) is 13.1 Å². The molecule has 146 valence electrons. The summed E-state index contributed by atoms with van der Waals surface area (Å²) in [5.74, 6) is 0.0164. The molecule has 28 heavy (non-hydrogen) atoms. The van der Waals surface area contributed by atoms with E-state index in [-0.39, 0.29) is 11.9 Å². The molecule has 0 aliphatic rings. The average Bonchev–Trinajstić information content (AvgIpc) is 2.73. The standard InChI is InChI=1S/C22H26N4O2/c1-4-26(5-2)21(27)20-12-10-18(11-13-20)15-24-22(28)25(3)16-19-8-6-17(14-23)7-9-19/h6-13H,4-5,15-16H2,1-3H3,(H,24,28). The zero-order chi connectivity index (χ0) is 20.5. The summed E-state index contributed by atoms with van der Waals surface area (Å²) in [4.78, 5) is 28.0. The zero-order valence-corrected chi connectivity index (χ0v) is 16.6. The molecule has 2 aromatic rings. The molecule has 0 heterocycles. The lowest BCUT2D eigenvalue weighted by molar-refractivity contribution is 0.0773. The van der Waals surface area contributed by atoms with Gasteiger partial charge in [-0.2, -0.15) is 5.26 Å². The minimum absolute atomic E-state index is 0.0164. The highest BCUT2D eigenvalue weighted by Gasteiger charge is 2.12. The van der Waals surface area contributed by atoms with Gasteiger partial charge in [-0.3, -0.25) is 4.79 Å². The van der Waals surface area contributed by atoms with Crippen LogP contribution in [-0.4, -0.2) is 41.9 Å². The highest BCUT2D eigenvalue weighted by molar-refractivity contribution is 5.94. The van der Waals surface area contributed by atoms with Crippen LogP contribution in [0.1, 0.15) is 40.9 Å². The van der Waals surface area contributed by atoms with E-state index in [0.717, 1.165) is 11.1 Å². The van der Waals surface area contributed by atoms with Crippen LogP contribution in [0.5, 0.6) is 0 Å². The van der Waals surface area contributed by atoms with Crippen molar-refractivity contribution in [2.24, 2.45) is 0 Å². The van der Waals surface area contributed by atoms with Crippen LogP contribution in [0.15, 0.2) is 48.5 Å². The number of nitriles is 1. The predicted octanol–water partition coefficient (Wildman–Crippen LogP) is 3.38. The molecule has 0 saturated heterocycles. The minimum atomic E-state index is -0.187. The highest BCUT2D eigenvalue weighted by Crippen LogP contribution is 2.09. The fraction of sp³-hybridized carbons (Fsp3) is 0.318. The van der Waals surface area contributed by atoms with E-state index in [1.165, 1.54) is 0 Å². The first-order valence-electron chi connectivity index (χ1n) is 9.34. The number of urea groups is 1. The van der Waals surface area contributed by atoms with E-state index in [0.29, 0.717) is 37.3 Å². The molecule has 0 atom stereocenters. The molecule has 1 N–H and O–H groups in total. The van der Waals surface area contributed by atoms with Crippen molar-refractivity contribution in [1.29, 1.82) is 5.26 Å². The lowest BCUT2D eigenvalue weighted by atomic mass is 10.1. The van der Waals surface area contributed by atoms with E-state index in [2.05, 4.69) is 11.4 Å². The van der Waals surface area contributed by atoms with Crippen molar-refractivity contribution in [3.63, 3.8) is 0 Å². The van der Waals surface area contributed by atoms with E-state index in [9.17, 15) is 9.59 Å². The molecule has 2 rings (SSSR count). The second-order valence-corrected chi connectivity index (χ2v) is 6.50. The van der Waals surface area contributed by atoms with Gasteiger partial charge in [-0.05, 0) is 49.2 Å². The molecule has 0 unspecified atom stereocenters. The van der Waals surface area contributed by atoms with Crippen molar-refractivity contribution in [3.05, 3.63) is 70.8 Å². The summed E-state index contributed by atoms with van der Waals surface area (Å²) in [6.45, 7) is 6.11. The molecule has 0 fully saturated rings. The van der Waals surface area contributed by atoms with Crippen molar-refractivity contribution < 1.29 is 9.59 Å². The maximum absolute atomic E-state index is 12.3. The maximum atomic E-state index is 12.3. The lowest BCUT2D eigenvalue weighted by Gasteiger charge is -2.19. The topological polar surface area (TPSA) is 76.4 Å². The number of rotatable bonds is 7. The number of carbonyl (C=O) groups excluding carboxylic acids is 2. The Labute approximate surface area is 166 Å². The van der Waals surface area contributed by atoms with Gasteiger partial charge >= 0.3 is 6.03 Å². The van der Waals surface area contributed by atoms with Gasteiger partial charge in [0.15, 0.2) is 0 Å². The van der Waals surface area contributed by atoms with Gasteiger partial charge in [0.2, 0.25) is 0 Å². The van der Waals surface area contributed by atoms with E-state index < -0.39 is 0 Å². The Hall–Kier alpha value is -3.33. The second kappa shape index (κ2) is 10.1. The molecule has 0 aliphatic carbocycles. The summed E-state index contributed by atoms with van der Waals surface area (Å²) in [5.41, 5.74) is 3.13. The summed E-state index contributed by atoms with van der Waals surface area (Å²) in [6.07, 6.45) is 0. The van der Waals surface area contributed by atoms with Crippen molar-refractivity contribution in [2.75, 3.05) is 20.1 Å². The minimum Gasteiger partial charge on any atom is -0.339 e. The van der Waals surface area contributed by atoms with E-state index in [4.69, 9.17) is 5.26 Å². The molecular formula is C22H26N4O2. The molecule has 0 aromatic heterocycles. The molecular weight excluding hydrogens is 352 g/mol. The van der Waals surface area contributed by atoms with Crippen molar-refractivity contribution >= 4 is 11.9 Å². The number of amides is 3. The molecule has 0 aliphatic heterocycles. The Morgan fingerprint density at radius 2 is 1.54 bits per heavy atom. The first-order chi connectivity index (χ1) is 13.5. The second-order valence-electron chi connectivity index (χ2n) is 6.50. The number of carbonyl (C=O) groups is 2. The van der Waals surface area contributed by atoms with Gasteiger partial charge in [-0.1, -0.05) is 24.3 Å². The van der Waals surface area contributed by atoms with Gasteiger partial charge in [0, 0.05) is 38.8 Å². The van der Waals surface area contributed by atoms with Crippen molar-refractivity contribution in [3.8, 4) is 6.07 Å². The SMILES string of the molecule is CCN(CC)C(=O)c1ccc(CNC(=O)N(C)Cc2ccc(C#N)cc2)cc1. The molecule has 0 radical (unpaired) electrons. The molecule has 6 heteroatoms. The Morgan fingerprint density at radius 3 is 2.07 bits per heavy atom. The van der Waals surface area contributed by atoms with Crippen LogP contribution in [0.25, 0.3) is 0 Å². The quantitative estimate of drug-likeness (QED) is 0.802. The first kappa shape index (κ1) is 21.0. The smallest absolute Gasteiger partial charge is 0.317 e. The Kier molecular flexibility index (Phi) is 7.58. The summed E-state index contributed by atoms with van der Waals surface area (Å²) in [5, 5.41) is 11.7.